The van der Waals surface area contributed by atoms with E-state index >= 15 is 0 Å². The van der Waals surface area contributed by atoms with Crippen molar-refractivity contribution in [2.75, 3.05) is 6.54 Å². The number of hydrogen-bond donors (Lipinski definition) is 2. The van der Waals surface area contributed by atoms with Crippen molar-refractivity contribution in [1.29, 1.82) is 0 Å². The summed E-state index contributed by atoms with van der Waals surface area (Å²) in [6.07, 6.45) is 0. The van der Waals surface area contributed by atoms with Crippen LogP contribution < -0.4 is 5.73 Å². The molecule has 0 atom stereocenters. The van der Waals surface area contributed by atoms with Gasteiger partial charge in [0.2, 0.25) is 0 Å². The van der Waals surface area contributed by atoms with E-state index in [0.717, 1.165) is 12.3 Å². The number of benzene rings is 1. The van der Waals surface area contributed by atoms with E-state index in [1.54, 1.807) is 0 Å². The maximum atomic E-state index is 4.85. The first-order valence-corrected chi connectivity index (χ1v) is 5.33. The molecule has 2 N–H and O–H groups in total. The van der Waals surface area contributed by atoms with Crippen LogP contribution in [-0.2, 0) is 5.75 Å². The molecule has 0 spiro atoms. The van der Waals surface area contributed by atoms with Crippen LogP contribution >= 0.6 is 12.6 Å². The molecule has 0 aliphatic heterocycles. The van der Waals surface area contributed by atoms with Crippen LogP contribution in [0.2, 0.25) is 0 Å². The molecular formula is C11H21NS. The lowest BCUT2D eigenvalue weighted by atomic mass is 10.2. The molecule has 1 aromatic carbocycles. The fraction of sp³-hybridized carbons (Fsp3) is 0.455. The molecule has 0 fully saturated rings. The normalized spacial score (nSPS) is 7.46. The quantitative estimate of drug-likeness (QED) is 0.668. The van der Waals surface area contributed by atoms with Gasteiger partial charge in [0, 0.05) is 5.75 Å². The minimum Gasteiger partial charge on any atom is -0.331 e. The predicted molar refractivity (Wildman–Crippen MR) is 65.2 cm³/mol. The average Bonchev–Trinajstić information content (AvgIpc) is 2.23. The van der Waals surface area contributed by atoms with Crippen molar-refractivity contribution in [3.63, 3.8) is 0 Å². The van der Waals surface area contributed by atoms with Crippen LogP contribution in [0.15, 0.2) is 30.3 Å². The SMILES string of the molecule is CC.CCN.SCc1ccccc1. The lowest BCUT2D eigenvalue weighted by Gasteiger charge is -1.89. The standard InChI is InChI=1S/C7H8S.C2H7N.C2H6/c8-6-7-4-2-1-3-5-7;1-2-3;1-2/h1-5,8H,6H2;2-3H2,1H3;1-2H3. The van der Waals surface area contributed by atoms with Gasteiger partial charge in [-0.1, -0.05) is 51.1 Å². The van der Waals surface area contributed by atoms with E-state index in [4.69, 9.17) is 5.73 Å². The fourth-order valence-electron chi connectivity index (χ4n) is 0.583. The molecule has 0 aliphatic rings. The molecule has 0 saturated heterocycles. The molecule has 1 nitrogen and oxygen atoms in total. The van der Waals surface area contributed by atoms with Gasteiger partial charge < -0.3 is 5.73 Å². The van der Waals surface area contributed by atoms with Crippen LogP contribution in [0.5, 0.6) is 0 Å². The van der Waals surface area contributed by atoms with Crippen molar-refractivity contribution in [3.8, 4) is 0 Å². The van der Waals surface area contributed by atoms with Crippen molar-refractivity contribution in [2.45, 2.75) is 26.5 Å². The highest BCUT2D eigenvalue weighted by atomic mass is 32.1. The minimum absolute atomic E-state index is 0.750. The summed E-state index contributed by atoms with van der Waals surface area (Å²) in [6.45, 7) is 6.65. The fourth-order valence-corrected chi connectivity index (χ4v) is 0.794. The van der Waals surface area contributed by atoms with E-state index in [0.29, 0.717) is 0 Å². The molecule has 1 rings (SSSR count). The molecule has 0 radical (unpaired) electrons. The maximum Gasteiger partial charge on any atom is 0.0154 e. The van der Waals surface area contributed by atoms with E-state index in [2.05, 4.69) is 24.8 Å². The first kappa shape index (κ1) is 15.0. The number of nitrogens with two attached hydrogens (primary N) is 1. The molecule has 76 valence electrons. The van der Waals surface area contributed by atoms with E-state index < -0.39 is 0 Å². The molecule has 0 unspecified atom stereocenters. The lowest BCUT2D eigenvalue weighted by Crippen LogP contribution is -1.87. The number of rotatable bonds is 1. The molecule has 1 aromatic rings. The van der Waals surface area contributed by atoms with Crippen LogP contribution in [0.3, 0.4) is 0 Å². The topological polar surface area (TPSA) is 26.0 Å². The highest BCUT2D eigenvalue weighted by Gasteiger charge is 1.80. The predicted octanol–water partition coefficient (Wildman–Crippen LogP) is 3.11. The Morgan fingerprint density at radius 3 is 1.77 bits per heavy atom. The summed E-state index contributed by atoms with van der Waals surface area (Å²) in [5.41, 5.74) is 6.12. The molecule has 0 amide bonds. The van der Waals surface area contributed by atoms with Gasteiger partial charge >= 0.3 is 0 Å². The summed E-state index contributed by atoms with van der Waals surface area (Å²) in [5, 5.41) is 0. The van der Waals surface area contributed by atoms with Crippen LogP contribution in [-0.4, -0.2) is 6.54 Å². The van der Waals surface area contributed by atoms with Gasteiger partial charge in [0.25, 0.3) is 0 Å². The Labute approximate surface area is 87.8 Å². The first-order chi connectivity index (χ1) is 6.35. The van der Waals surface area contributed by atoms with Gasteiger partial charge in [-0.3, -0.25) is 0 Å². The molecule has 2 heteroatoms. The van der Waals surface area contributed by atoms with Gasteiger partial charge in [-0.15, -0.1) is 0 Å². The Morgan fingerprint density at radius 1 is 1.15 bits per heavy atom. The summed E-state index contributed by atoms with van der Waals surface area (Å²) >= 11 is 4.11. The average molecular weight is 199 g/mol. The first-order valence-electron chi connectivity index (χ1n) is 4.70. The van der Waals surface area contributed by atoms with Gasteiger partial charge in [0.05, 0.1) is 0 Å². The molecular weight excluding hydrogens is 178 g/mol. The zero-order chi connectivity index (χ0) is 10.5. The Bertz CT molecular complexity index is 163. The Hall–Kier alpha value is -0.470. The number of thiol groups is 1. The van der Waals surface area contributed by atoms with Gasteiger partial charge in [0.15, 0.2) is 0 Å². The second-order valence-corrected chi connectivity index (χ2v) is 2.37. The van der Waals surface area contributed by atoms with Crippen molar-refractivity contribution in [1.82, 2.24) is 0 Å². The van der Waals surface area contributed by atoms with Gasteiger partial charge in [-0.2, -0.15) is 12.6 Å². The summed E-state index contributed by atoms with van der Waals surface area (Å²) in [5.74, 6) is 0.834. The van der Waals surface area contributed by atoms with Crippen LogP contribution in [0.1, 0.15) is 26.3 Å². The van der Waals surface area contributed by atoms with Crippen LogP contribution in [0.25, 0.3) is 0 Å². The number of hydrogen-bond acceptors (Lipinski definition) is 2. The van der Waals surface area contributed by atoms with Crippen LogP contribution in [0, 0.1) is 0 Å². The van der Waals surface area contributed by atoms with Gasteiger partial charge in [0.1, 0.15) is 0 Å². The molecule has 0 aromatic heterocycles. The second-order valence-electron chi connectivity index (χ2n) is 2.05. The summed E-state index contributed by atoms with van der Waals surface area (Å²) in [6, 6.07) is 10.2. The largest absolute Gasteiger partial charge is 0.331 e. The lowest BCUT2D eigenvalue weighted by molar-refractivity contribution is 1.14. The zero-order valence-corrected chi connectivity index (χ0v) is 9.72. The van der Waals surface area contributed by atoms with Crippen molar-refractivity contribution in [3.05, 3.63) is 35.9 Å². The van der Waals surface area contributed by atoms with Crippen molar-refractivity contribution in [2.24, 2.45) is 5.73 Å². The molecule has 0 heterocycles. The third-order valence-corrected chi connectivity index (χ3v) is 1.39. The molecule has 0 saturated carbocycles. The third-order valence-electron chi connectivity index (χ3n) is 1.03. The molecule has 13 heavy (non-hydrogen) atoms. The second kappa shape index (κ2) is 14.1. The Kier molecular flexibility index (Phi) is 16.3. The third kappa shape index (κ3) is 11.5. The Morgan fingerprint density at radius 2 is 1.54 bits per heavy atom. The summed E-state index contributed by atoms with van der Waals surface area (Å²) in [7, 11) is 0. The smallest absolute Gasteiger partial charge is 0.0154 e. The maximum absolute atomic E-state index is 4.85. The minimum atomic E-state index is 0.750. The summed E-state index contributed by atoms with van der Waals surface area (Å²) < 4.78 is 0. The van der Waals surface area contributed by atoms with E-state index in [9.17, 15) is 0 Å². The highest BCUT2D eigenvalue weighted by molar-refractivity contribution is 7.79. The van der Waals surface area contributed by atoms with E-state index in [-0.39, 0.29) is 0 Å². The highest BCUT2D eigenvalue weighted by Crippen LogP contribution is 2.00. The van der Waals surface area contributed by atoms with E-state index in [1.807, 2.05) is 39.0 Å². The van der Waals surface area contributed by atoms with Crippen LogP contribution in [0.4, 0.5) is 0 Å². The summed E-state index contributed by atoms with van der Waals surface area (Å²) in [4.78, 5) is 0. The molecule has 0 aliphatic carbocycles. The molecule has 0 bridgehead atoms. The zero-order valence-electron chi connectivity index (χ0n) is 8.83. The van der Waals surface area contributed by atoms with Gasteiger partial charge in [-0.25, -0.2) is 0 Å². The van der Waals surface area contributed by atoms with E-state index in [1.165, 1.54) is 5.56 Å². The van der Waals surface area contributed by atoms with Gasteiger partial charge in [-0.05, 0) is 12.1 Å². The van der Waals surface area contributed by atoms with Crippen molar-refractivity contribution < 1.29 is 0 Å². The van der Waals surface area contributed by atoms with Crippen molar-refractivity contribution >= 4 is 12.6 Å². The monoisotopic (exact) mass is 199 g/mol. The Balaban J connectivity index is 0.